The number of carbonyl (C=O) groups excluding carboxylic acids is 2. The fraction of sp³-hybridized carbons (Fsp3) is 0.333. The van der Waals surface area contributed by atoms with Crippen molar-refractivity contribution < 1.29 is 27.5 Å². The molecule has 1 amide bonds. The number of methoxy groups -OCH3 is 1. The number of amides is 1. The molecule has 1 fully saturated rings. The average Bonchev–Trinajstić information content (AvgIpc) is 2.78. The molecule has 2 aromatic rings. The lowest BCUT2D eigenvalue weighted by Crippen LogP contribution is -2.35. The number of sulfonamides is 1. The van der Waals surface area contributed by atoms with Crippen molar-refractivity contribution in [2.75, 3.05) is 32.1 Å². The summed E-state index contributed by atoms with van der Waals surface area (Å²) in [6, 6.07) is 10.3. The van der Waals surface area contributed by atoms with Crippen LogP contribution >= 0.6 is 11.6 Å². The van der Waals surface area contributed by atoms with E-state index in [9.17, 15) is 18.0 Å². The number of anilines is 1. The molecular weight excluding hydrogens is 444 g/mol. The molecule has 0 atom stereocenters. The molecule has 3 rings (SSSR count). The molecule has 1 aliphatic rings. The Kier molecular flexibility index (Phi) is 7.53. The molecule has 10 heteroatoms. The van der Waals surface area contributed by atoms with Gasteiger partial charge in [-0.1, -0.05) is 24.1 Å². The first-order chi connectivity index (χ1) is 14.8. The van der Waals surface area contributed by atoms with Crippen molar-refractivity contribution in [2.24, 2.45) is 0 Å². The van der Waals surface area contributed by atoms with Gasteiger partial charge < -0.3 is 14.8 Å². The van der Waals surface area contributed by atoms with Gasteiger partial charge in [-0.25, -0.2) is 13.2 Å². The van der Waals surface area contributed by atoms with E-state index < -0.39 is 28.5 Å². The Bertz CT molecular complexity index is 1070. The average molecular weight is 467 g/mol. The Morgan fingerprint density at radius 3 is 2.52 bits per heavy atom. The summed E-state index contributed by atoms with van der Waals surface area (Å²) < 4.78 is 37.1. The van der Waals surface area contributed by atoms with Crippen LogP contribution in [-0.4, -0.2) is 51.4 Å². The van der Waals surface area contributed by atoms with E-state index in [2.05, 4.69) is 5.32 Å². The van der Waals surface area contributed by atoms with Crippen molar-refractivity contribution >= 4 is 39.2 Å². The molecule has 31 heavy (non-hydrogen) atoms. The van der Waals surface area contributed by atoms with Gasteiger partial charge in [-0.2, -0.15) is 4.31 Å². The van der Waals surface area contributed by atoms with Crippen LogP contribution in [-0.2, 0) is 19.6 Å². The molecule has 166 valence electrons. The molecule has 1 heterocycles. The number of carbonyl (C=O) groups is 2. The van der Waals surface area contributed by atoms with E-state index in [1.54, 1.807) is 12.1 Å². The number of esters is 1. The molecule has 0 saturated carbocycles. The lowest BCUT2D eigenvalue weighted by Gasteiger charge is -2.25. The van der Waals surface area contributed by atoms with Crippen LogP contribution in [0, 0.1) is 0 Å². The second-order valence-electron chi connectivity index (χ2n) is 6.97. The molecule has 1 saturated heterocycles. The number of hydrogen-bond acceptors (Lipinski definition) is 6. The van der Waals surface area contributed by atoms with Gasteiger partial charge in [-0.3, -0.25) is 4.79 Å². The highest BCUT2D eigenvalue weighted by molar-refractivity contribution is 7.89. The van der Waals surface area contributed by atoms with Gasteiger partial charge in [0.2, 0.25) is 10.0 Å². The predicted octanol–water partition coefficient (Wildman–Crippen LogP) is 3.32. The predicted molar refractivity (Wildman–Crippen MR) is 116 cm³/mol. The first-order valence-corrected chi connectivity index (χ1v) is 11.5. The van der Waals surface area contributed by atoms with Gasteiger partial charge in [0.1, 0.15) is 5.75 Å². The minimum atomic E-state index is -3.68. The summed E-state index contributed by atoms with van der Waals surface area (Å²) in [7, 11) is -2.20. The van der Waals surface area contributed by atoms with Gasteiger partial charge in [-0.05, 0) is 49.2 Å². The van der Waals surface area contributed by atoms with Crippen LogP contribution < -0.4 is 10.1 Å². The third kappa shape index (κ3) is 5.75. The molecule has 0 unspecified atom stereocenters. The number of hydrogen-bond donors (Lipinski definition) is 1. The van der Waals surface area contributed by atoms with Crippen molar-refractivity contribution in [3.8, 4) is 5.75 Å². The number of halogens is 1. The number of benzene rings is 2. The van der Waals surface area contributed by atoms with E-state index >= 15 is 0 Å². The van der Waals surface area contributed by atoms with Crippen LogP contribution in [0.3, 0.4) is 0 Å². The lowest BCUT2D eigenvalue weighted by molar-refractivity contribution is -0.119. The normalized spacial score (nSPS) is 14.6. The number of nitrogens with zero attached hydrogens (tertiary/aromatic N) is 1. The molecule has 0 aliphatic carbocycles. The smallest absolute Gasteiger partial charge is 0.338 e. The van der Waals surface area contributed by atoms with Crippen LogP contribution in [0.15, 0.2) is 47.4 Å². The second-order valence-corrected chi connectivity index (χ2v) is 9.31. The van der Waals surface area contributed by atoms with E-state index in [4.69, 9.17) is 21.1 Å². The molecule has 2 aromatic carbocycles. The van der Waals surface area contributed by atoms with Gasteiger partial charge in [0.05, 0.1) is 22.6 Å². The van der Waals surface area contributed by atoms with Crippen molar-refractivity contribution in [3.05, 3.63) is 53.1 Å². The monoisotopic (exact) mass is 466 g/mol. The summed E-state index contributed by atoms with van der Waals surface area (Å²) >= 11 is 6.01. The fourth-order valence-corrected chi connectivity index (χ4v) is 5.01. The van der Waals surface area contributed by atoms with Gasteiger partial charge >= 0.3 is 5.97 Å². The summed E-state index contributed by atoms with van der Waals surface area (Å²) in [4.78, 5) is 24.5. The Morgan fingerprint density at radius 2 is 1.84 bits per heavy atom. The highest BCUT2D eigenvalue weighted by Gasteiger charge is 2.26. The largest absolute Gasteiger partial charge is 0.495 e. The first-order valence-electron chi connectivity index (χ1n) is 9.72. The Labute approximate surface area is 186 Å². The summed E-state index contributed by atoms with van der Waals surface area (Å²) in [5, 5.41) is 2.88. The molecule has 0 spiro atoms. The van der Waals surface area contributed by atoms with Gasteiger partial charge in [0.15, 0.2) is 6.61 Å². The summed E-state index contributed by atoms with van der Waals surface area (Å²) in [5.74, 6) is -0.893. The maximum absolute atomic E-state index is 12.8. The Balaban J connectivity index is 1.61. The summed E-state index contributed by atoms with van der Waals surface area (Å²) in [6.07, 6.45) is 2.63. The van der Waals surface area contributed by atoms with Crippen LogP contribution in [0.4, 0.5) is 5.69 Å². The molecule has 0 radical (unpaired) electrons. The van der Waals surface area contributed by atoms with E-state index in [0.29, 0.717) is 29.5 Å². The highest BCUT2D eigenvalue weighted by Crippen LogP contribution is 2.27. The molecule has 0 aromatic heterocycles. The minimum absolute atomic E-state index is 0.0289. The maximum atomic E-state index is 12.8. The van der Waals surface area contributed by atoms with Crippen molar-refractivity contribution in [1.29, 1.82) is 0 Å². The van der Waals surface area contributed by atoms with Gasteiger partial charge in [0, 0.05) is 18.8 Å². The first kappa shape index (κ1) is 23.1. The quantitative estimate of drug-likeness (QED) is 0.628. The summed E-state index contributed by atoms with van der Waals surface area (Å²) in [6.45, 7) is 0.394. The van der Waals surface area contributed by atoms with E-state index in [0.717, 1.165) is 19.3 Å². The third-order valence-corrected chi connectivity index (χ3v) is 6.98. The van der Waals surface area contributed by atoms with Crippen LogP contribution in [0.25, 0.3) is 0 Å². The number of rotatable bonds is 7. The fourth-order valence-electron chi connectivity index (χ4n) is 3.19. The summed E-state index contributed by atoms with van der Waals surface area (Å²) in [5.41, 5.74) is 0.472. The van der Waals surface area contributed by atoms with E-state index in [-0.39, 0.29) is 10.5 Å². The van der Waals surface area contributed by atoms with Crippen molar-refractivity contribution in [1.82, 2.24) is 4.31 Å². The van der Waals surface area contributed by atoms with E-state index in [1.807, 2.05) is 0 Å². The zero-order chi connectivity index (χ0) is 22.4. The second kappa shape index (κ2) is 10.1. The molecular formula is C21H23ClN2O6S. The number of nitrogens with one attached hydrogen (secondary N) is 1. The van der Waals surface area contributed by atoms with Crippen LogP contribution in [0.1, 0.15) is 29.6 Å². The molecule has 1 aliphatic heterocycles. The van der Waals surface area contributed by atoms with Crippen LogP contribution in [0.5, 0.6) is 5.75 Å². The zero-order valence-corrected chi connectivity index (χ0v) is 18.5. The lowest BCUT2D eigenvalue weighted by atomic mass is 10.2. The van der Waals surface area contributed by atoms with Crippen molar-refractivity contribution in [3.63, 3.8) is 0 Å². The number of piperidine rings is 1. The third-order valence-electron chi connectivity index (χ3n) is 4.79. The van der Waals surface area contributed by atoms with E-state index in [1.165, 1.54) is 41.7 Å². The minimum Gasteiger partial charge on any atom is -0.495 e. The molecule has 8 nitrogen and oxygen atoms in total. The van der Waals surface area contributed by atoms with Crippen LogP contribution in [0.2, 0.25) is 5.02 Å². The van der Waals surface area contributed by atoms with Gasteiger partial charge in [0.25, 0.3) is 5.91 Å². The Hall–Kier alpha value is -2.62. The molecule has 1 N–H and O–H groups in total. The van der Waals surface area contributed by atoms with Crippen molar-refractivity contribution in [2.45, 2.75) is 24.2 Å². The standard InChI is InChI=1S/C21H23ClN2O6S/c1-29-19-9-8-16(13-18(19)22)23-20(25)14-30-21(26)15-6-5-7-17(12-15)31(27,28)24-10-3-2-4-11-24/h5-9,12-13H,2-4,10-11,14H2,1H3,(H,23,25). The Morgan fingerprint density at radius 1 is 1.10 bits per heavy atom. The maximum Gasteiger partial charge on any atom is 0.338 e. The topological polar surface area (TPSA) is 102 Å². The van der Waals surface area contributed by atoms with Gasteiger partial charge in [-0.15, -0.1) is 0 Å². The molecule has 0 bridgehead atoms. The zero-order valence-electron chi connectivity index (χ0n) is 17.0. The SMILES string of the molecule is COc1ccc(NC(=O)COC(=O)c2cccc(S(=O)(=O)N3CCCCC3)c2)cc1Cl. The number of ether oxygens (including phenoxy) is 2. The highest BCUT2D eigenvalue weighted by atomic mass is 35.5.